The smallest absolute Gasteiger partial charge is 0.416 e. The second kappa shape index (κ2) is 4.23. The zero-order valence-corrected chi connectivity index (χ0v) is 10.8. The van der Waals surface area contributed by atoms with Gasteiger partial charge in [-0.25, -0.2) is 9.69 Å². The van der Waals surface area contributed by atoms with E-state index in [2.05, 4.69) is 0 Å². The quantitative estimate of drug-likeness (QED) is 0.749. The van der Waals surface area contributed by atoms with Gasteiger partial charge in [-0.05, 0) is 25.2 Å². The summed E-state index contributed by atoms with van der Waals surface area (Å²) in [6.07, 6.45) is 2.51. The van der Waals surface area contributed by atoms with E-state index in [-0.39, 0.29) is 36.0 Å². The van der Waals surface area contributed by atoms with Crippen molar-refractivity contribution in [3.63, 3.8) is 0 Å². The molecule has 3 unspecified atom stereocenters. The third kappa shape index (κ3) is 1.72. The zero-order chi connectivity index (χ0) is 12.9. The van der Waals surface area contributed by atoms with E-state index >= 15 is 0 Å². The summed E-state index contributed by atoms with van der Waals surface area (Å²) in [5.41, 5.74) is 0. The molecule has 3 aliphatic heterocycles. The Labute approximate surface area is 106 Å². The first-order valence-corrected chi connectivity index (χ1v) is 6.73. The number of fused-ring (bicyclic) bond motifs is 2. The van der Waals surface area contributed by atoms with Gasteiger partial charge < -0.3 is 9.47 Å². The average Bonchev–Trinajstić information content (AvgIpc) is 3.01. The Morgan fingerprint density at radius 3 is 2.72 bits per heavy atom. The van der Waals surface area contributed by atoms with Crippen molar-refractivity contribution < 1.29 is 19.1 Å². The first-order valence-electron chi connectivity index (χ1n) is 6.73. The van der Waals surface area contributed by atoms with E-state index in [1.165, 1.54) is 4.90 Å². The normalized spacial score (nSPS) is 38.6. The Bertz CT molecular complexity index is 381. The van der Waals surface area contributed by atoms with Crippen LogP contribution in [0, 0.1) is 11.8 Å². The standard InChI is InChI=1S/C13H19NO4/c1-7(2)10-6-17-13(16)14(10)12(15)9-5-8-3-4-11(9)18-8/h7-11H,3-6H2,1-2H3/t8?,9?,10-,11?/m1/s1. The largest absolute Gasteiger partial charge is 0.447 e. The van der Waals surface area contributed by atoms with Crippen LogP contribution in [0.25, 0.3) is 0 Å². The summed E-state index contributed by atoms with van der Waals surface area (Å²) in [6.45, 7) is 4.33. The van der Waals surface area contributed by atoms with Crippen LogP contribution >= 0.6 is 0 Å². The molecule has 0 aromatic rings. The molecule has 0 radical (unpaired) electrons. The Morgan fingerprint density at radius 2 is 2.17 bits per heavy atom. The van der Waals surface area contributed by atoms with Crippen LogP contribution in [0.4, 0.5) is 4.79 Å². The molecule has 0 aliphatic carbocycles. The average molecular weight is 253 g/mol. The van der Waals surface area contributed by atoms with Crippen LogP contribution in [-0.2, 0) is 14.3 Å². The number of hydrogen-bond donors (Lipinski definition) is 0. The second-order valence-electron chi connectivity index (χ2n) is 5.81. The van der Waals surface area contributed by atoms with Crippen molar-refractivity contribution in [1.82, 2.24) is 4.90 Å². The lowest BCUT2D eigenvalue weighted by atomic mass is 9.87. The molecule has 3 heterocycles. The number of imide groups is 1. The maximum absolute atomic E-state index is 12.5. The van der Waals surface area contributed by atoms with Crippen LogP contribution < -0.4 is 0 Å². The molecule has 2 amide bonds. The Balaban J connectivity index is 1.76. The molecular weight excluding hydrogens is 234 g/mol. The highest BCUT2D eigenvalue weighted by Gasteiger charge is 2.50. The number of carbonyl (C=O) groups is 2. The van der Waals surface area contributed by atoms with Crippen molar-refractivity contribution >= 4 is 12.0 Å². The van der Waals surface area contributed by atoms with Crippen LogP contribution in [-0.4, -0.2) is 41.8 Å². The molecule has 4 atom stereocenters. The van der Waals surface area contributed by atoms with Crippen molar-refractivity contribution in [2.75, 3.05) is 6.61 Å². The van der Waals surface area contributed by atoms with Crippen molar-refractivity contribution in [3.05, 3.63) is 0 Å². The number of carbonyl (C=O) groups excluding carboxylic acids is 2. The minimum absolute atomic E-state index is 0.0173. The topological polar surface area (TPSA) is 55.8 Å². The zero-order valence-electron chi connectivity index (χ0n) is 10.8. The Kier molecular flexibility index (Phi) is 2.81. The van der Waals surface area contributed by atoms with E-state index in [1.54, 1.807) is 0 Å². The third-order valence-electron chi connectivity index (χ3n) is 4.34. The van der Waals surface area contributed by atoms with Crippen molar-refractivity contribution in [1.29, 1.82) is 0 Å². The van der Waals surface area contributed by atoms with Crippen LogP contribution in [0.2, 0.25) is 0 Å². The lowest BCUT2D eigenvalue weighted by Gasteiger charge is -2.27. The minimum atomic E-state index is -0.485. The number of nitrogens with zero attached hydrogens (tertiary/aromatic N) is 1. The number of amides is 2. The number of cyclic esters (lactones) is 1. The van der Waals surface area contributed by atoms with Gasteiger partial charge in [0, 0.05) is 0 Å². The fourth-order valence-corrected chi connectivity index (χ4v) is 3.26. The molecule has 3 aliphatic rings. The van der Waals surface area contributed by atoms with Crippen LogP contribution in [0.15, 0.2) is 0 Å². The summed E-state index contributed by atoms with van der Waals surface area (Å²) in [5, 5.41) is 0. The van der Waals surface area contributed by atoms with Gasteiger partial charge in [0.15, 0.2) is 0 Å². The van der Waals surface area contributed by atoms with E-state index < -0.39 is 6.09 Å². The first kappa shape index (κ1) is 12.0. The number of ether oxygens (including phenoxy) is 2. The maximum Gasteiger partial charge on any atom is 0.416 e. The van der Waals surface area contributed by atoms with Gasteiger partial charge in [0.25, 0.3) is 0 Å². The van der Waals surface area contributed by atoms with E-state index in [9.17, 15) is 9.59 Å². The SMILES string of the molecule is CC(C)[C@H]1COC(=O)N1C(=O)C1CC2CCC1O2. The lowest BCUT2D eigenvalue weighted by Crippen LogP contribution is -2.46. The van der Waals surface area contributed by atoms with Crippen molar-refractivity contribution in [3.8, 4) is 0 Å². The van der Waals surface area contributed by atoms with E-state index in [0.717, 1.165) is 19.3 Å². The van der Waals surface area contributed by atoms with Gasteiger partial charge in [0.1, 0.15) is 6.61 Å². The Morgan fingerprint density at radius 1 is 1.39 bits per heavy atom. The molecular formula is C13H19NO4. The Hall–Kier alpha value is -1.10. The second-order valence-corrected chi connectivity index (χ2v) is 5.81. The summed E-state index contributed by atoms with van der Waals surface area (Å²) in [4.78, 5) is 25.6. The van der Waals surface area contributed by atoms with E-state index in [1.807, 2.05) is 13.8 Å². The molecule has 5 heteroatoms. The van der Waals surface area contributed by atoms with Gasteiger partial charge in [0.2, 0.25) is 5.91 Å². The fourth-order valence-electron chi connectivity index (χ4n) is 3.26. The summed E-state index contributed by atoms with van der Waals surface area (Å²) in [5.74, 6) is -0.0149. The van der Waals surface area contributed by atoms with Crippen LogP contribution in [0.1, 0.15) is 33.1 Å². The monoisotopic (exact) mass is 253 g/mol. The fraction of sp³-hybridized carbons (Fsp3) is 0.846. The molecule has 100 valence electrons. The summed E-state index contributed by atoms with van der Waals surface area (Å²) < 4.78 is 10.7. The van der Waals surface area contributed by atoms with Gasteiger partial charge in [-0.15, -0.1) is 0 Å². The molecule has 18 heavy (non-hydrogen) atoms. The van der Waals surface area contributed by atoms with Crippen LogP contribution in [0.5, 0.6) is 0 Å². The first-order chi connectivity index (χ1) is 8.58. The molecule has 3 fully saturated rings. The maximum atomic E-state index is 12.5. The highest BCUT2D eigenvalue weighted by atomic mass is 16.6. The summed E-state index contributed by atoms with van der Waals surface area (Å²) >= 11 is 0. The highest BCUT2D eigenvalue weighted by Crippen LogP contribution is 2.40. The molecule has 0 saturated carbocycles. The molecule has 3 saturated heterocycles. The molecule has 5 nitrogen and oxygen atoms in total. The lowest BCUT2D eigenvalue weighted by molar-refractivity contribution is -0.135. The van der Waals surface area contributed by atoms with Gasteiger partial charge >= 0.3 is 6.09 Å². The molecule has 3 rings (SSSR count). The third-order valence-corrected chi connectivity index (χ3v) is 4.34. The van der Waals surface area contributed by atoms with Crippen molar-refractivity contribution in [2.24, 2.45) is 11.8 Å². The van der Waals surface area contributed by atoms with Gasteiger partial charge in [-0.2, -0.15) is 0 Å². The van der Waals surface area contributed by atoms with Crippen LogP contribution in [0.3, 0.4) is 0 Å². The molecule has 0 aromatic heterocycles. The molecule has 0 aromatic carbocycles. The van der Waals surface area contributed by atoms with Crippen molar-refractivity contribution in [2.45, 2.75) is 51.4 Å². The number of hydrogen-bond acceptors (Lipinski definition) is 4. The highest BCUT2D eigenvalue weighted by molar-refractivity contribution is 5.95. The predicted molar refractivity (Wildman–Crippen MR) is 62.8 cm³/mol. The summed E-state index contributed by atoms with van der Waals surface area (Å²) in [6, 6.07) is -0.121. The predicted octanol–water partition coefficient (Wildman–Crippen LogP) is 1.56. The number of rotatable bonds is 2. The minimum Gasteiger partial charge on any atom is -0.447 e. The van der Waals surface area contributed by atoms with E-state index in [4.69, 9.17) is 9.47 Å². The van der Waals surface area contributed by atoms with Gasteiger partial charge in [-0.3, -0.25) is 4.79 Å². The summed E-state index contributed by atoms with van der Waals surface area (Å²) in [7, 11) is 0. The molecule has 0 N–H and O–H groups in total. The van der Waals surface area contributed by atoms with Gasteiger partial charge in [-0.1, -0.05) is 13.8 Å². The van der Waals surface area contributed by atoms with E-state index in [0.29, 0.717) is 6.61 Å². The van der Waals surface area contributed by atoms with Gasteiger partial charge in [0.05, 0.1) is 24.2 Å². The molecule has 0 spiro atoms. The molecule has 2 bridgehead atoms.